The Morgan fingerprint density at radius 2 is 2.18 bits per heavy atom. The molecule has 0 saturated heterocycles. The topological polar surface area (TPSA) is 79.4 Å². The maximum absolute atomic E-state index is 11.7. The summed E-state index contributed by atoms with van der Waals surface area (Å²) in [5, 5.41) is 9.78. The highest BCUT2D eigenvalue weighted by Crippen LogP contribution is 2.23. The molecule has 0 aliphatic rings. The van der Waals surface area contributed by atoms with Crippen molar-refractivity contribution in [1.29, 1.82) is 0 Å². The Labute approximate surface area is 97.0 Å². The highest BCUT2D eigenvalue weighted by atomic mass is 16.5. The average molecular weight is 233 g/mol. The van der Waals surface area contributed by atoms with Crippen LogP contribution in [0.4, 0.5) is 0 Å². The Morgan fingerprint density at radius 3 is 2.82 bits per heavy atom. The molecule has 0 aliphatic carbocycles. The van der Waals surface area contributed by atoms with Crippen molar-refractivity contribution in [2.75, 3.05) is 7.11 Å². The first kappa shape index (κ1) is 11.3. The summed E-state index contributed by atoms with van der Waals surface area (Å²) in [4.78, 5) is 25.8. The van der Waals surface area contributed by atoms with E-state index in [9.17, 15) is 14.7 Å². The van der Waals surface area contributed by atoms with Crippen LogP contribution in [-0.2, 0) is 16.1 Å². The molecule has 0 bridgehead atoms. The Bertz CT molecular complexity index is 585. The van der Waals surface area contributed by atoms with E-state index in [-0.39, 0.29) is 12.2 Å². The summed E-state index contributed by atoms with van der Waals surface area (Å²) in [5.74, 6) is -1.64. The second kappa shape index (κ2) is 4.39. The fraction of sp³-hybridized carbons (Fsp3) is 0.167. The summed E-state index contributed by atoms with van der Waals surface area (Å²) in [6.45, 7) is -0.198. The van der Waals surface area contributed by atoms with Crippen molar-refractivity contribution in [3.63, 3.8) is 0 Å². The molecular weight excluding hydrogens is 222 g/mol. The van der Waals surface area contributed by atoms with Gasteiger partial charge in [-0.05, 0) is 11.6 Å². The summed E-state index contributed by atoms with van der Waals surface area (Å²) in [5.41, 5.74) is 1.51. The lowest BCUT2D eigenvalue weighted by atomic mass is 10.0. The number of aliphatic hydroxyl groups excluding tert-OH is 1. The van der Waals surface area contributed by atoms with E-state index in [1.807, 2.05) is 0 Å². The highest BCUT2D eigenvalue weighted by Gasteiger charge is 2.21. The number of aromatic nitrogens is 1. The van der Waals surface area contributed by atoms with E-state index in [0.29, 0.717) is 16.5 Å². The molecule has 0 unspecified atom stereocenters. The molecular formula is C12H11NO4. The molecule has 5 heteroatoms. The number of aromatic amines is 1. The third-order valence-corrected chi connectivity index (χ3v) is 2.58. The number of benzene rings is 1. The summed E-state index contributed by atoms with van der Waals surface area (Å²) < 4.78 is 4.39. The number of carbonyl (C=O) groups is 2. The Balaban J connectivity index is 2.63. The monoisotopic (exact) mass is 233 g/mol. The number of hydrogen-bond acceptors (Lipinski definition) is 4. The molecule has 17 heavy (non-hydrogen) atoms. The van der Waals surface area contributed by atoms with E-state index < -0.39 is 11.8 Å². The van der Waals surface area contributed by atoms with Gasteiger partial charge in [0.1, 0.15) is 0 Å². The van der Waals surface area contributed by atoms with Gasteiger partial charge in [0.15, 0.2) is 0 Å². The van der Waals surface area contributed by atoms with Gasteiger partial charge in [-0.3, -0.25) is 4.79 Å². The molecule has 0 spiro atoms. The molecule has 0 fully saturated rings. The number of ether oxygens (including phenoxy) is 1. The van der Waals surface area contributed by atoms with Crippen LogP contribution in [0, 0.1) is 0 Å². The van der Waals surface area contributed by atoms with Crippen LogP contribution in [0.15, 0.2) is 24.4 Å². The van der Waals surface area contributed by atoms with Gasteiger partial charge in [-0.1, -0.05) is 12.1 Å². The molecule has 2 aromatic rings. The molecule has 0 saturated carbocycles. The Hall–Kier alpha value is -2.14. The molecule has 2 rings (SSSR count). The third kappa shape index (κ3) is 1.81. The average Bonchev–Trinajstić information content (AvgIpc) is 2.80. The standard InChI is InChI=1S/C12H11NO4/c1-17-12(16)11(15)8-5-13-9-4-2-3-7(6-14)10(8)9/h2-5,13-14H,6H2,1H3. The van der Waals surface area contributed by atoms with Gasteiger partial charge in [0.2, 0.25) is 0 Å². The van der Waals surface area contributed by atoms with Crippen molar-refractivity contribution in [2.45, 2.75) is 6.61 Å². The van der Waals surface area contributed by atoms with E-state index in [4.69, 9.17) is 0 Å². The number of ketones is 1. The SMILES string of the molecule is COC(=O)C(=O)c1c[nH]c2cccc(CO)c12. The van der Waals surface area contributed by atoms with E-state index in [1.54, 1.807) is 18.2 Å². The van der Waals surface area contributed by atoms with Gasteiger partial charge in [0.25, 0.3) is 5.78 Å². The van der Waals surface area contributed by atoms with Crippen molar-refractivity contribution in [2.24, 2.45) is 0 Å². The number of esters is 1. The molecule has 0 aliphatic heterocycles. The van der Waals surface area contributed by atoms with Crippen LogP contribution in [-0.4, -0.2) is 29.0 Å². The molecule has 1 heterocycles. The van der Waals surface area contributed by atoms with Crippen molar-refractivity contribution in [3.05, 3.63) is 35.5 Å². The van der Waals surface area contributed by atoms with Gasteiger partial charge in [0, 0.05) is 17.1 Å². The molecule has 1 aromatic heterocycles. The van der Waals surface area contributed by atoms with Crippen molar-refractivity contribution < 1.29 is 19.4 Å². The van der Waals surface area contributed by atoms with Crippen molar-refractivity contribution in [3.8, 4) is 0 Å². The molecule has 2 N–H and O–H groups in total. The molecule has 0 amide bonds. The quantitative estimate of drug-likeness (QED) is 0.471. The van der Waals surface area contributed by atoms with E-state index in [1.165, 1.54) is 6.20 Å². The summed E-state index contributed by atoms with van der Waals surface area (Å²) in [6, 6.07) is 5.23. The third-order valence-electron chi connectivity index (χ3n) is 2.58. The van der Waals surface area contributed by atoms with Crippen LogP contribution < -0.4 is 0 Å². The first-order valence-corrected chi connectivity index (χ1v) is 5.01. The maximum atomic E-state index is 11.7. The molecule has 88 valence electrons. The minimum atomic E-state index is -0.918. The second-order valence-corrected chi connectivity index (χ2v) is 3.52. The van der Waals surface area contributed by atoms with Gasteiger partial charge in [-0.15, -0.1) is 0 Å². The van der Waals surface area contributed by atoms with Crippen LogP contribution in [0.5, 0.6) is 0 Å². The lowest BCUT2D eigenvalue weighted by molar-refractivity contribution is -0.135. The van der Waals surface area contributed by atoms with Crippen molar-refractivity contribution in [1.82, 2.24) is 4.98 Å². The maximum Gasteiger partial charge on any atom is 0.379 e. The number of Topliss-reactive ketones (excluding diaryl/α,β-unsaturated/α-hetero) is 1. The normalized spacial score (nSPS) is 10.5. The second-order valence-electron chi connectivity index (χ2n) is 3.52. The molecule has 1 aromatic carbocycles. The smallest absolute Gasteiger partial charge is 0.379 e. The molecule has 5 nitrogen and oxygen atoms in total. The molecule has 0 radical (unpaired) electrons. The van der Waals surface area contributed by atoms with Crippen molar-refractivity contribution >= 4 is 22.7 Å². The number of hydrogen-bond donors (Lipinski definition) is 2. The van der Waals surface area contributed by atoms with Gasteiger partial charge >= 0.3 is 5.97 Å². The lowest BCUT2D eigenvalue weighted by Crippen LogP contribution is -2.15. The highest BCUT2D eigenvalue weighted by molar-refractivity contribution is 6.43. The predicted molar refractivity (Wildman–Crippen MR) is 60.6 cm³/mol. The fourth-order valence-electron chi connectivity index (χ4n) is 1.77. The number of nitrogens with one attached hydrogen (secondary N) is 1. The number of methoxy groups -OCH3 is 1. The molecule has 0 atom stereocenters. The zero-order valence-corrected chi connectivity index (χ0v) is 9.19. The van der Waals surface area contributed by atoms with Crippen LogP contribution >= 0.6 is 0 Å². The Kier molecular flexibility index (Phi) is 2.93. The number of aliphatic hydroxyl groups is 1. The zero-order valence-electron chi connectivity index (χ0n) is 9.19. The van der Waals surface area contributed by atoms with E-state index in [2.05, 4.69) is 9.72 Å². The van der Waals surface area contributed by atoms with Gasteiger partial charge in [-0.2, -0.15) is 0 Å². The minimum Gasteiger partial charge on any atom is -0.463 e. The summed E-state index contributed by atoms with van der Waals surface area (Å²) >= 11 is 0. The zero-order chi connectivity index (χ0) is 12.4. The lowest BCUT2D eigenvalue weighted by Gasteiger charge is -2.01. The van der Waals surface area contributed by atoms with Crippen LogP contribution in [0.1, 0.15) is 15.9 Å². The minimum absolute atomic E-state index is 0.198. The first-order chi connectivity index (χ1) is 8.19. The summed E-state index contributed by atoms with van der Waals surface area (Å²) in [7, 11) is 1.15. The van der Waals surface area contributed by atoms with Gasteiger partial charge in [0.05, 0.1) is 19.3 Å². The number of rotatable bonds is 3. The number of H-pyrrole nitrogens is 1. The first-order valence-electron chi connectivity index (χ1n) is 5.01. The van der Waals surface area contributed by atoms with Gasteiger partial charge in [-0.25, -0.2) is 4.79 Å². The largest absolute Gasteiger partial charge is 0.463 e. The van der Waals surface area contributed by atoms with E-state index >= 15 is 0 Å². The van der Waals surface area contributed by atoms with Crippen LogP contribution in [0.25, 0.3) is 10.9 Å². The number of fused-ring (bicyclic) bond motifs is 1. The predicted octanol–water partition coefficient (Wildman–Crippen LogP) is 1.02. The number of carbonyl (C=O) groups excluding carboxylic acids is 2. The Morgan fingerprint density at radius 1 is 1.41 bits per heavy atom. The fourth-order valence-corrected chi connectivity index (χ4v) is 1.77. The van der Waals surface area contributed by atoms with Crippen LogP contribution in [0.2, 0.25) is 0 Å². The van der Waals surface area contributed by atoms with Gasteiger partial charge < -0.3 is 14.8 Å². The summed E-state index contributed by atoms with van der Waals surface area (Å²) in [6.07, 6.45) is 1.45. The van der Waals surface area contributed by atoms with Crippen LogP contribution in [0.3, 0.4) is 0 Å². The van der Waals surface area contributed by atoms with E-state index in [0.717, 1.165) is 7.11 Å².